The molecule has 0 saturated carbocycles. The molecule has 21 heavy (non-hydrogen) atoms. The number of aliphatic hydroxyl groups excluding tert-OH is 1. The Kier molecular flexibility index (Phi) is 4.95. The third kappa shape index (κ3) is 3.78. The Morgan fingerprint density at radius 2 is 2.00 bits per heavy atom. The summed E-state index contributed by atoms with van der Waals surface area (Å²) in [6.45, 7) is 1.29. The molecule has 1 heterocycles. The second kappa shape index (κ2) is 6.37. The summed E-state index contributed by atoms with van der Waals surface area (Å²) >= 11 is 11.9. The minimum Gasteiger partial charge on any atom is -0.446 e. The van der Waals surface area contributed by atoms with Crippen LogP contribution in [0.5, 0.6) is 0 Å². The molecule has 0 amide bonds. The van der Waals surface area contributed by atoms with Gasteiger partial charge in [-0.05, 0) is 36.8 Å². The van der Waals surface area contributed by atoms with Gasteiger partial charge in [0.15, 0.2) is 0 Å². The standard InChI is InChI=1S/C13H13Cl2NO4S/c1-8(11-4-2-9(14)6-12(11)15)16-21(18,19)13-5-3-10(7-17)20-13/h2-6,8,16-17H,7H2,1H3. The summed E-state index contributed by atoms with van der Waals surface area (Å²) in [5.41, 5.74) is 0.596. The molecule has 1 aromatic carbocycles. The topological polar surface area (TPSA) is 79.5 Å². The van der Waals surface area contributed by atoms with Crippen LogP contribution in [0.25, 0.3) is 0 Å². The average Bonchev–Trinajstić information content (AvgIpc) is 2.87. The van der Waals surface area contributed by atoms with Crippen LogP contribution in [0, 0.1) is 0 Å². The highest BCUT2D eigenvalue weighted by molar-refractivity contribution is 7.89. The highest BCUT2D eigenvalue weighted by Gasteiger charge is 2.23. The largest absolute Gasteiger partial charge is 0.446 e. The van der Waals surface area contributed by atoms with E-state index in [4.69, 9.17) is 32.7 Å². The first kappa shape index (κ1) is 16.3. The molecule has 1 aromatic heterocycles. The number of furan rings is 1. The fraction of sp³-hybridized carbons (Fsp3) is 0.231. The van der Waals surface area contributed by atoms with E-state index >= 15 is 0 Å². The molecule has 2 aromatic rings. The summed E-state index contributed by atoms with van der Waals surface area (Å²) in [6.07, 6.45) is 0. The lowest BCUT2D eigenvalue weighted by atomic mass is 10.1. The van der Waals surface area contributed by atoms with Crippen molar-refractivity contribution in [3.8, 4) is 0 Å². The van der Waals surface area contributed by atoms with Gasteiger partial charge in [-0.15, -0.1) is 0 Å². The first-order chi connectivity index (χ1) is 9.83. The van der Waals surface area contributed by atoms with Crippen LogP contribution in [0.4, 0.5) is 0 Å². The van der Waals surface area contributed by atoms with Crippen LogP contribution in [0.3, 0.4) is 0 Å². The molecule has 0 fully saturated rings. The van der Waals surface area contributed by atoms with Gasteiger partial charge in [-0.1, -0.05) is 29.3 Å². The number of nitrogens with one attached hydrogen (secondary N) is 1. The number of hydrogen-bond donors (Lipinski definition) is 2. The summed E-state index contributed by atoms with van der Waals surface area (Å²) < 4.78 is 31.8. The van der Waals surface area contributed by atoms with Crippen molar-refractivity contribution in [3.63, 3.8) is 0 Å². The van der Waals surface area contributed by atoms with Crippen LogP contribution in [-0.4, -0.2) is 13.5 Å². The van der Waals surface area contributed by atoms with Crippen LogP contribution in [-0.2, 0) is 16.6 Å². The maximum absolute atomic E-state index is 12.2. The van der Waals surface area contributed by atoms with Crippen molar-refractivity contribution in [2.24, 2.45) is 0 Å². The normalized spacial score (nSPS) is 13.3. The number of sulfonamides is 1. The second-order valence-corrected chi connectivity index (χ2v) is 6.88. The number of hydrogen-bond acceptors (Lipinski definition) is 4. The molecule has 2 N–H and O–H groups in total. The van der Waals surface area contributed by atoms with Gasteiger partial charge in [-0.2, -0.15) is 0 Å². The van der Waals surface area contributed by atoms with Gasteiger partial charge in [0.1, 0.15) is 12.4 Å². The lowest BCUT2D eigenvalue weighted by molar-refractivity contribution is 0.236. The zero-order chi connectivity index (χ0) is 15.6. The third-order valence-electron chi connectivity index (χ3n) is 2.82. The van der Waals surface area contributed by atoms with Crippen molar-refractivity contribution in [1.82, 2.24) is 4.72 Å². The van der Waals surface area contributed by atoms with E-state index in [0.717, 1.165) is 0 Å². The SMILES string of the molecule is CC(NS(=O)(=O)c1ccc(CO)o1)c1ccc(Cl)cc1Cl. The van der Waals surface area contributed by atoms with Crippen molar-refractivity contribution >= 4 is 33.2 Å². The zero-order valence-electron chi connectivity index (χ0n) is 11.0. The first-order valence-corrected chi connectivity index (χ1v) is 8.24. The van der Waals surface area contributed by atoms with E-state index in [2.05, 4.69) is 4.72 Å². The van der Waals surface area contributed by atoms with Gasteiger partial charge < -0.3 is 9.52 Å². The number of rotatable bonds is 5. The van der Waals surface area contributed by atoms with Crippen molar-refractivity contribution in [2.45, 2.75) is 24.7 Å². The predicted octanol–water partition coefficient (Wildman–Crippen LogP) is 3.12. The monoisotopic (exact) mass is 349 g/mol. The van der Waals surface area contributed by atoms with E-state index < -0.39 is 16.1 Å². The molecule has 0 aliphatic rings. The van der Waals surface area contributed by atoms with E-state index in [1.807, 2.05) is 0 Å². The van der Waals surface area contributed by atoms with E-state index in [1.165, 1.54) is 12.1 Å². The molecule has 5 nitrogen and oxygen atoms in total. The summed E-state index contributed by atoms with van der Waals surface area (Å²) in [5, 5.41) is 9.48. The highest BCUT2D eigenvalue weighted by atomic mass is 35.5. The summed E-state index contributed by atoms with van der Waals surface area (Å²) in [6, 6.07) is 6.93. The maximum atomic E-state index is 12.2. The average molecular weight is 350 g/mol. The lowest BCUT2D eigenvalue weighted by Crippen LogP contribution is -2.26. The molecule has 0 aliphatic heterocycles. The fourth-order valence-electron chi connectivity index (χ4n) is 1.79. The van der Waals surface area contributed by atoms with Gasteiger partial charge in [0.25, 0.3) is 10.0 Å². The molecule has 0 saturated heterocycles. The quantitative estimate of drug-likeness (QED) is 0.868. The third-order valence-corrected chi connectivity index (χ3v) is 4.79. The Balaban J connectivity index is 2.23. The van der Waals surface area contributed by atoms with E-state index in [0.29, 0.717) is 15.6 Å². The maximum Gasteiger partial charge on any atom is 0.274 e. The molecular weight excluding hydrogens is 337 g/mol. The molecule has 2 rings (SSSR count). The van der Waals surface area contributed by atoms with Gasteiger partial charge in [0.2, 0.25) is 5.09 Å². The van der Waals surface area contributed by atoms with Gasteiger partial charge in [0.05, 0.1) is 0 Å². The van der Waals surface area contributed by atoms with E-state index in [9.17, 15) is 8.42 Å². The van der Waals surface area contributed by atoms with Crippen LogP contribution in [0.15, 0.2) is 39.8 Å². The minimum atomic E-state index is -3.84. The highest BCUT2D eigenvalue weighted by Crippen LogP contribution is 2.27. The molecule has 1 atom stereocenters. The van der Waals surface area contributed by atoms with E-state index in [1.54, 1.807) is 25.1 Å². The lowest BCUT2D eigenvalue weighted by Gasteiger charge is -2.15. The molecule has 0 bridgehead atoms. The number of aliphatic hydroxyl groups is 1. The molecule has 0 spiro atoms. The van der Waals surface area contributed by atoms with Crippen molar-refractivity contribution in [3.05, 3.63) is 51.7 Å². The predicted molar refractivity (Wildman–Crippen MR) is 79.8 cm³/mol. The van der Waals surface area contributed by atoms with Crippen molar-refractivity contribution in [2.75, 3.05) is 0 Å². The van der Waals surface area contributed by atoms with Crippen molar-refractivity contribution in [1.29, 1.82) is 0 Å². The summed E-state index contributed by atoms with van der Waals surface area (Å²) in [7, 11) is -3.84. The van der Waals surface area contributed by atoms with Gasteiger partial charge in [0, 0.05) is 16.1 Å². The van der Waals surface area contributed by atoms with E-state index in [-0.39, 0.29) is 17.5 Å². The Bertz CT molecular complexity index is 742. The molecular formula is C13H13Cl2NO4S. The molecule has 0 radical (unpaired) electrons. The molecule has 8 heteroatoms. The van der Waals surface area contributed by atoms with Crippen LogP contribution < -0.4 is 4.72 Å². The summed E-state index contributed by atoms with van der Waals surface area (Å²) in [4.78, 5) is 0. The zero-order valence-corrected chi connectivity index (χ0v) is 13.3. The van der Waals surface area contributed by atoms with Gasteiger partial charge in [-0.3, -0.25) is 0 Å². The van der Waals surface area contributed by atoms with Crippen molar-refractivity contribution < 1.29 is 17.9 Å². The number of halogens is 2. The van der Waals surface area contributed by atoms with Crippen LogP contribution in [0.1, 0.15) is 24.3 Å². The molecule has 1 unspecified atom stereocenters. The first-order valence-electron chi connectivity index (χ1n) is 6.00. The Labute approximate surface area is 132 Å². The fourth-order valence-corrected chi connectivity index (χ4v) is 3.54. The molecule has 0 aliphatic carbocycles. The van der Waals surface area contributed by atoms with Gasteiger partial charge >= 0.3 is 0 Å². The van der Waals surface area contributed by atoms with Crippen LogP contribution in [0.2, 0.25) is 10.0 Å². The summed E-state index contributed by atoms with van der Waals surface area (Å²) in [5.74, 6) is 0.174. The van der Waals surface area contributed by atoms with Gasteiger partial charge in [-0.25, -0.2) is 13.1 Å². The second-order valence-electron chi connectivity index (χ2n) is 4.39. The van der Waals surface area contributed by atoms with Crippen LogP contribution >= 0.6 is 23.2 Å². The number of benzene rings is 1. The smallest absolute Gasteiger partial charge is 0.274 e. The Hall–Kier alpha value is -1.05. The Morgan fingerprint density at radius 3 is 2.57 bits per heavy atom. The minimum absolute atomic E-state index is 0.174. The Morgan fingerprint density at radius 1 is 1.29 bits per heavy atom. The molecule has 114 valence electrons.